The van der Waals surface area contributed by atoms with Crippen molar-refractivity contribution < 1.29 is 0 Å². The van der Waals surface area contributed by atoms with Crippen molar-refractivity contribution in [1.29, 1.82) is 0 Å². The van der Waals surface area contributed by atoms with Crippen LogP contribution in [0.1, 0.15) is 0 Å². The summed E-state index contributed by atoms with van der Waals surface area (Å²) in [6, 6.07) is 61.4. The molecule has 55 heavy (non-hydrogen) atoms. The lowest BCUT2D eigenvalue weighted by Gasteiger charge is -2.12. The van der Waals surface area contributed by atoms with E-state index in [9.17, 15) is 0 Å². The van der Waals surface area contributed by atoms with Crippen LogP contribution in [0.2, 0.25) is 0 Å². The Morgan fingerprint density at radius 3 is 1.93 bits per heavy atom. The van der Waals surface area contributed by atoms with E-state index in [0.717, 1.165) is 38.3 Å². The standard InChI is InChI=1S/C50H28N4S/c1-2-12-29(13-3-1)30-22-24-32(25-23-30)49-51-44-37-18-8-11-21-42(37)55-48(44)50(52-49)54-40-19-9-6-16-34(40)38-28-39-35-27-26-31-14-4-5-15-33(31)45(35)53-41-20-10-7-17-36(41)43(46(39)53)47(38)54/h1-28H. The molecule has 0 aliphatic heterocycles. The number of rotatable bonds is 3. The van der Waals surface area contributed by atoms with Crippen LogP contribution in [-0.4, -0.2) is 18.9 Å². The molecular formula is C50H28N4S. The van der Waals surface area contributed by atoms with Gasteiger partial charge in [0, 0.05) is 53.4 Å². The molecule has 0 radical (unpaired) electrons. The third-order valence-corrected chi connectivity index (χ3v) is 12.8. The van der Waals surface area contributed by atoms with Crippen LogP contribution >= 0.6 is 11.3 Å². The van der Waals surface area contributed by atoms with E-state index in [-0.39, 0.29) is 0 Å². The fourth-order valence-electron chi connectivity index (χ4n) is 9.28. The van der Waals surface area contributed by atoms with Crippen molar-refractivity contribution in [1.82, 2.24) is 18.9 Å². The number of aromatic nitrogens is 4. The van der Waals surface area contributed by atoms with Gasteiger partial charge in [-0.3, -0.25) is 4.57 Å². The zero-order chi connectivity index (χ0) is 35.8. The molecule has 0 spiro atoms. The summed E-state index contributed by atoms with van der Waals surface area (Å²) >= 11 is 1.78. The molecule has 0 amide bonds. The molecule has 0 aliphatic rings. The van der Waals surface area contributed by atoms with Crippen molar-refractivity contribution in [2.75, 3.05) is 0 Å². The van der Waals surface area contributed by atoms with Crippen LogP contribution in [0.4, 0.5) is 0 Å². The fourth-order valence-corrected chi connectivity index (χ4v) is 10.4. The average Bonchev–Trinajstić information content (AvgIpc) is 3.99. The second-order valence-electron chi connectivity index (χ2n) is 14.5. The van der Waals surface area contributed by atoms with Gasteiger partial charge in [0.2, 0.25) is 0 Å². The predicted molar refractivity (Wildman–Crippen MR) is 232 cm³/mol. The molecule has 13 aromatic rings. The first-order valence-electron chi connectivity index (χ1n) is 18.7. The van der Waals surface area contributed by atoms with Crippen molar-refractivity contribution in [2.45, 2.75) is 0 Å². The molecule has 0 N–H and O–H groups in total. The number of thiophene rings is 1. The SMILES string of the molecule is c1ccc(-c2ccc(-c3nc(-n4c5ccccc5c5cc6c7ccc8ccccc8c7n7c8ccccc8c(c54)c67)c4sc5ccccc5c4n3)cc2)cc1. The molecule has 13 rings (SSSR count). The molecule has 0 bridgehead atoms. The van der Waals surface area contributed by atoms with E-state index < -0.39 is 0 Å². The van der Waals surface area contributed by atoms with Crippen molar-refractivity contribution in [3.8, 4) is 28.3 Å². The Morgan fingerprint density at radius 1 is 0.418 bits per heavy atom. The second kappa shape index (κ2) is 10.8. The largest absolute Gasteiger partial charge is 0.307 e. The van der Waals surface area contributed by atoms with Gasteiger partial charge in [-0.25, -0.2) is 9.97 Å². The van der Waals surface area contributed by atoms with Gasteiger partial charge in [0.15, 0.2) is 11.6 Å². The van der Waals surface area contributed by atoms with E-state index in [4.69, 9.17) is 9.97 Å². The van der Waals surface area contributed by atoms with Crippen molar-refractivity contribution in [3.63, 3.8) is 0 Å². The number of benzene rings is 8. The number of fused-ring (bicyclic) bond motifs is 15. The molecule has 254 valence electrons. The topological polar surface area (TPSA) is 35.1 Å². The molecule has 5 aromatic heterocycles. The second-order valence-corrected chi connectivity index (χ2v) is 15.6. The van der Waals surface area contributed by atoms with E-state index in [1.54, 1.807) is 11.3 Å². The van der Waals surface area contributed by atoms with E-state index >= 15 is 0 Å². The quantitative estimate of drug-likeness (QED) is 0.182. The first-order chi connectivity index (χ1) is 27.3. The van der Waals surface area contributed by atoms with E-state index in [1.165, 1.54) is 81.0 Å². The summed E-state index contributed by atoms with van der Waals surface area (Å²) in [5, 5.41) is 11.1. The third kappa shape index (κ3) is 3.89. The van der Waals surface area contributed by atoms with Crippen molar-refractivity contribution in [2.24, 2.45) is 0 Å². The molecule has 0 saturated carbocycles. The van der Waals surface area contributed by atoms with Crippen LogP contribution in [0.25, 0.3) is 119 Å². The molecule has 0 atom stereocenters. The summed E-state index contributed by atoms with van der Waals surface area (Å²) < 4.78 is 7.25. The van der Waals surface area contributed by atoms with Crippen LogP contribution in [0, 0.1) is 0 Å². The van der Waals surface area contributed by atoms with Gasteiger partial charge in [0.05, 0.1) is 37.8 Å². The zero-order valence-corrected chi connectivity index (χ0v) is 30.2. The van der Waals surface area contributed by atoms with Crippen molar-refractivity contribution in [3.05, 3.63) is 170 Å². The number of hydrogen-bond donors (Lipinski definition) is 0. The Morgan fingerprint density at radius 2 is 1.07 bits per heavy atom. The highest BCUT2D eigenvalue weighted by Crippen LogP contribution is 2.48. The monoisotopic (exact) mass is 716 g/mol. The van der Waals surface area contributed by atoms with Crippen molar-refractivity contribution >= 4 is 102 Å². The Balaban J connectivity index is 1.21. The lowest BCUT2D eigenvalue weighted by atomic mass is 10.0. The zero-order valence-electron chi connectivity index (χ0n) is 29.4. The van der Waals surface area contributed by atoms with Crippen LogP contribution < -0.4 is 0 Å². The minimum Gasteiger partial charge on any atom is -0.307 e. The van der Waals surface area contributed by atoms with Crippen LogP contribution in [0.3, 0.4) is 0 Å². The van der Waals surface area contributed by atoms with E-state index in [1.807, 2.05) is 0 Å². The third-order valence-electron chi connectivity index (χ3n) is 11.6. The minimum absolute atomic E-state index is 0.718. The highest BCUT2D eigenvalue weighted by atomic mass is 32.1. The minimum atomic E-state index is 0.718. The van der Waals surface area contributed by atoms with Crippen LogP contribution in [0.15, 0.2) is 170 Å². The number of nitrogens with zero attached hydrogens (tertiary/aromatic N) is 4. The predicted octanol–water partition coefficient (Wildman–Crippen LogP) is 13.6. The Hall–Kier alpha value is -7.08. The van der Waals surface area contributed by atoms with Gasteiger partial charge in [0.25, 0.3) is 0 Å². The maximum Gasteiger partial charge on any atom is 0.162 e. The first kappa shape index (κ1) is 29.4. The summed E-state index contributed by atoms with van der Waals surface area (Å²) in [6.45, 7) is 0. The molecule has 5 heterocycles. The fraction of sp³-hybridized carbons (Fsp3) is 0. The summed E-state index contributed by atoms with van der Waals surface area (Å²) in [4.78, 5) is 10.9. The maximum atomic E-state index is 5.58. The summed E-state index contributed by atoms with van der Waals surface area (Å²) in [6.07, 6.45) is 0. The highest BCUT2D eigenvalue weighted by Gasteiger charge is 2.27. The Bertz CT molecular complexity index is 3700. The van der Waals surface area contributed by atoms with Gasteiger partial charge in [-0.05, 0) is 40.8 Å². The lowest BCUT2D eigenvalue weighted by Crippen LogP contribution is -2.01. The molecule has 0 saturated heterocycles. The van der Waals surface area contributed by atoms with Gasteiger partial charge in [-0.2, -0.15) is 0 Å². The molecular weight excluding hydrogens is 689 g/mol. The number of para-hydroxylation sites is 2. The van der Waals surface area contributed by atoms with Gasteiger partial charge >= 0.3 is 0 Å². The molecule has 0 unspecified atom stereocenters. The van der Waals surface area contributed by atoms with Gasteiger partial charge in [0.1, 0.15) is 0 Å². The summed E-state index contributed by atoms with van der Waals surface area (Å²) in [5.74, 6) is 1.63. The van der Waals surface area contributed by atoms with E-state index in [0.29, 0.717) is 0 Å². The molecule has 8 aromatic carbocycles. The lowest BCUT2D eigenvalue weighted by molar-refractivity contribution is 1.08. The average molecular weight is 717 g/mol. The smallest absolute Gasteiger partial charge is 0.162 e. The summed E-state index contributed by atoms with van der Waals surface area (Å²) in [5.41, 5.74) is 10.4. The maximum absolute atomic E-state index is 5.58. The molecule has 0 aliphatic carbocycles. The summed E-state index contributed by atoms with van der Waals surface area (Å²) in [7, 11) is 0. The number of hydrogen-bond acceptors (Lipinski definition) is 3. The normalized spacial score (nSPS) is 12.4. The Labute approximate surface area is 318 Å². The molecule has 0 fully saturated rings. The van der Waals surface area contributed by atoms with Crippen LogP contribution in [0.5, 0.6) is 0 Å². The highest BCUT2D eigenvalue weighted by molar-refractivity contribution is 7.26. The Kier molecular flexibility index (Phi) is 5.74. The van der Waals surface area contributed by atoms with Gasteiger partial charge in [-0.1, -0.05) is 146 Å². The molecule has 4 nitrogen and oxygen atoms in total. The van der Waals surface area contributed by atoms with E-state index in [2.05, 4.69) is 179 Å². The van der Waals surface area contributed by atoms with Gasteiger partial charge in [-0.15, -0.1) is 11.3 Å². The van der Waals surface area contributed by atoms with Gasteiger partial charge < -0.3 is 4.40 Å². The molecule has 5 heteroatoms. The van der Waals surface area contributed by atoms with Crippen LogP contribution in [-0.2, 0) is 0 Å². The first-order valence-corrected chi connectivity index (χ1v) is 19.5.